The molecule has 0 radical (unpaired) electrons. The maximum Gasteiger partial charge on any atom is 0.226 e. The summed E-state index contributed by atoms with van der Waals surface area (Å²) in [6.07, 6.45) is 0.738. The first-order valence-corrected chi connectivity index (χ1v) is 11.3. The Balaban J connectivity index is 1.33. The van der Waals surface area contributed by atoms with Gasteiger partial charge in [0.15, 0.2) is 0 Å². The number of benzene rings is 3. The molecule has 1 atom stereocenters. The van der Waals surface area contributed by atoms with Crippen molar-refractivity contribution < 1.29 is 18.6 Å². The maximum absolute atomic E-state index is 5.97. The van der Waals surface area contributed by atoms with Crippen molar-refractivity contribution in [2.75, 3.05) is 13.2 Å². The predicted molar refractivity (Wildman–Crippen MR) is 128 cm³/mol. The molecule has 0 amide bonds. The fraction of sp³-hybridized carbons (Fsp3) is 0.250. The van der Waals surface area contributed by atoms with Gasteiger partial charge in [-0.05, 0) is 55.8 Å². The van der Waals surface area contributed by atoms with Gasteiger partial charge >= 0.3 is 0 Å². The van der Waals surface area contributed by atoms with E-state index < -0.39 is 0 Å². The Bertz CT molecular complexity index is 1110. The number of aromatic nitrogens is 1. The lowest BCUT2D eigenvalue weighted by Gasteiger charge is -2.18. The van der Waals surface area contributed by atoms with Crippen LogP contribution in [-0.4, -0.2) is 18.2 Å². The molecule has 0 aliphatic heterocycles. The molecule has 0 aliphatic carbocycles. The van der Waals surface area contributed by atoms with Crippen LogP contribution in [0.1, 0.15) is 36.5 Å². The Labute approximate surface area is 195 Å². The van der Waals surface area contributed by atoms with Crippen molar-refractivity contribution in [1.29, 1.82) is 0 Å². The summed E-state index contributed by atoms with van der Waals surface area (Å²) in [4.78, 5) is 4.60. The zero-order valence-electron chi connectivity index (χ0n) is 19.1. The van der Waals surface area contributed by atoms with E-state index in [4.69, 9.17) is 18.6 Å². The smallest absolute Gasteiger partial charge is 0.226 e. The SMILES string of the molecule is CCOC(CCOc1ccccc1)c1ccc(OCc2nc(-c3ccccc3)oc2C)cc1. The van der Waals surface area contributed by atoms with E-state index in [9.17, 15) is 0 Å². The van der Waals surface area contributed by atoms with E-state index in [1.807, 2.05) is 98.8 Å². The van der Waals surface area contributed by atoms with Gasteiger partial charge in [-0.1, -0.05) is 48.5 Å². The zero-order chi connectivity index (χ0) is 22.9. The van der Waals surface area contributed by atoms with Gasteiger partial charge in [0.25, 0.3) is 0 Å². The lowest BCUT2D eigenvalue weighted by atomic mass is 10.1. The molecule has 0 N–H and O–H groups in total. The second-order valence-corrected chi connectivity index (χ2v) is 7.64. The number of para-hydroxylation sites is 1. The number of nitrogens with zero attached hydrogens (tertiary/aromatic N) is 1. The highest BCUT2D eigenvalue weighted by molar-refractivity contribution is 5.53. The number of aryl methyl sites for hydroxylation is 1. The Morgan fingerprint density at radius 1 is 0.818 bits per heavy atom. The maximum atomic E-state index is 5.97. The second-order valence-electron chi connectivity index (χ2n) is 7.64. The van der Waals surface area contributed by atoms with Crippen LogP contribution in [0.2, 0.25) is 0 Å². The first kappa shape index (κ1) is 22.6. The molecular weight excluding hydrogens is 414 g/mol. The summed E-state index contributed by atoms with van der Waals surface area (Å²) >= 11 is 0. The molecule has 5 heteroatoms. The fourth-order valence-corrected chi connectivity index (χ4v) is 3.54. The van der Waals surface area contributed by atoms with Gasteiger partial charge in [0.2, 0.25) is 5.89 Å². The van der Waals surface area contributed by atoms with E-state index in [2.05, 4.69) is 4.98 Å². The molecule has 170 valence electrons. The summed E-state index contributed by atoms with van der Waals surface area (Å²) in [5.74, 6) is 3.02. The summed E-state index contributed by atoms with van der Waals surface area (Å²) in [6.45, 7) is 5.49. The average Bonchev–Trinajstić information content (AvgIpc) is 3.24. The Morgan fingerprint density at radius 2 is 1.48 bits per heavy atom. The third kappa shape index (κ3) is 6.24. The van der Waals surface area contributed by atoms with Gasteiger partial charge in [0, 0.05) is 18.6 Å². The molecule has 0 fully saturated rings. The summed E-state index contributed by atoms with van der Waals surface area (Å²) in [6, 6.07) is 27.7. The Kier molecular flexibility index (Phi) is 7.77. The van der Waals surface area contributed by atoms with Crippen LogP contribution in [0.4, 0.5) is 0 Å². The zero-order valence-corrected chi connectivity index (χ0v) is 19.1. The fourth-order valence-electron chi connectivity index (χ4n) is 3.54. The molecule has 0 spiro atoms. The van der Waals surface area contributed by atoms with Crippen LogP contribution < -0.4 is 9.47 Å². The Morgan fingerprint density at radius 3 is 2.18 bits per heavy atom. The van der Waals surface area contributed by atoms with Gasteiger partial charge in [-0.25, -0.2) is 4.98 Å². The van der Waals surface area contributed by atoms with Crippen LogP contribution in [0.5, 0.6) is 11.5 Å². The standard InChI is InChI=1S/C28H29NO4/c1-3-30-27(18-19-31-24-12-8-5-9-13-24)22-14-16-25(17-15-22)32-20-26-21(2)33-28(29-26)23-10-6-4-7-11-23/h4-17,27H,3,18-20H2,1-2H3. The van der Waals surface area contributed by atoms with Crippen molar-refractivity contribution in [3.05, 3.63) is 102 Å². The number of hydrogen-bond donors (Lipinski definition) is 0. The molecule has 4 aromatic rings. The van der Waals surface area contributed by atoms with Gasteiger partial charge in [-0.15, -0.1) is 0 Å². The number of ether oxygens (including phenoxy) is 3. The van der Waals surface area contributed by atoms with Gasteiger partial charge < -0.3 is 18.6 Å². The molecule has 0 aliphatic rings. The summed E-state index contributed by atoms with van der Waals surface area (Å²) in [5.41, 5.74) is 2.85. The molecule has 3 aromatic carbocycles. The van der Waals surface area contributed by atoms with E-state index in [0.29, 0.717) is 25.7 Å². The highest BCUT2D eigenvalue weighted by atomic mass is 16.5. The number of rotatable bonds is 11. The van der Waals surface area contributed by atoms with Crippen LogP contribution in [0.15, 0.2) is 89.3 Å². The van der Waals surface area contributed by atoms with Crippen molar-refractivity contribution in [2.45, 2.75) is 33.0 Å². The van der Waals surface area contributed by atoms with Crippen molar-refractivity contribution in [3.8, 4) is 23.0 Å². The van der Waals surface area contributed by atoms with E-state index in [-0.39, 0.29) is 6.10 Å². The molecule has 0 bridgehead atoms. The van der Waals surface area contributed by atoms with Gasteiger partial charge in [-0.2, -0.15) is 0 Å². The molecule has 5 nitrogen and oxygen atoms in total. The highest BCUT2D eigenvalue weighted by Crippen LogP contribution is 2.26. The minimum atomic E-state index is -0.0287. The van der Waals surface area contributed by atoms with E-state index in [1.54, 1.807) is 0 Å². The summed E-state index contributed by atoms with van der Waals surface area (Å²) < 4.78 is 23.6. The summed E-state index contributed by atoms with van der Waals surface area (Å²) in [5, 5.41) is 0. The average molecular weight is 444 g/mol. The van der Waals surface area contributed by atoms with E-state index >= 15 is 0 Å². The van der Waals surface area contributed by atoms with Crippen LogP contribution in [0.3, 0.4) is 0 Å². The lowest BCUT2D eigenvalue weighted by Crippen LogP contribution is -2.09. The van der Waals surface area contributed by atoms with E-state index in [0.717, 1.165) is 40.5 Å². The quantitative estimate of drug-likeness (QED) is 0.256. The third-order valence-corrected chi connectivity index (χ3v) is 5.30. The largest absolute Gasteiger partial charge is 0.493 e. The van der Waals surface area contributed by atoms with Gasteiger partial charge in [-0.3, -0.25) is 0 Å². The van der Waals surface area contributed by atoms with Crippen molar-refractivity contribution in [3.63, 3.8) is 0 Å². The minimum Gasteiger partial charge on any atom is -0.493 e. The van der Waals surface area contributed by atoms with Gasteiger partial charge in [0.1, 0.15) is 29.6 Å². The number of hydrogen-bond acceptors (Lipinski definition) is 5. The van der Waals surface area contributed by atoms with Gasteiger partial charge in [0.05, 0.1) is 12.7 Å². The second kappa shape index (κ2) is 11.3. The molecule has 1 aromatic heterocycles. The van der Waals surface area contributed by atoms with Crippen molar-refractivity contribution >= 4 is 0 Å². The first-order valence-electron chi connectivity index (χ1n) is 11.3. The molecular formula is C28H29NO4. The first-order chi connectivity index (χ1) is 16.2. The normalized spacial score (nSPS) is 11.8. The minimum absolute atomic E-state index is 0.0287. The summed E-state index contributed by atoms with van der Waals surface area (Å²) in [7, 11) is 0. The monoisotopic (exact) mass is 443 g/mol. The van der Waals surface area contributed by atoms with Crippen molar-refractivity contribution in [2.24, 2.45) is 0 Å². The molecule has 33 heavy (non-hydrogen) atoms. The van der Waals surface area contributed by atoms with E-state index in [1.165, 1.54) is 0 Å². The molecule has 4 rings (SSSR count). The molecule has 0 saturated carbocycles. The number of oxazole rings is 1. The highest BCUT2D eigenvalue weighted by Gasteiger charge is 2.14. The molecule has 1 unspecified atom stereocenters. The van der Waals surface area contributed by atoms with Crippen LogP contribution >= 0.6 is 0 Å². The van der Waals surface area contributed by atoms with Crippen LogP contribution in [0, 0.1) is 6.92 Å². The molecule has 0 saturated heterocycles. The molecule has 1 heterocycles. The topological polar surface area (TPSA) is 53.7 Å². The predicted octanol–water partition coefficient (Wildman–Crippen LogP) is 6.78. The van der Waals surface area contributed by atoms with Crippen LogP contribution in [0.25, 0.3) is 11.5 Å². The Hall–Kier alpha value is -3.57. The third-order valence-electron chi connectivity index (χ3n) is 5.30. The van der Waals surface area contributed by atoms with Crippen LogP contribution in [-0.2, 0) is 11.3 Å². The van der Waals surface area contributed by atoms with Crippen molar-refractivity contribution in [1.82, 2.24) is 4.98 Å². The lowest BCUT2D eigenvalue weighted by molar-refractivity contribution is 0.0458.